The van der Waals surface area contributed by atoms with Crippen molar-refractivity contribution in [1.82, 2.24) is 4.98 Å². The van der Waals surface area contributed by atoms with E-state index in [9.17, 15) is 4.79 Å². The predicted molar refractivity (Wildman–Crippen MR) is 78.2 cm³/mol. The molecule has 0 saturated carbocycles. The maximum absolute atomic E-state index is 11.3. The summed E-state index contributed by atoms with van der Waals surface area (Å²) >= 11 is 0. The molecular weight excluding hydrogens is 238 g/mol. The van der Waals surface area contributed by atoms with Gasteiger partial charge in [0.1, 0.15) is 0 Å². The van der Waals surface area contributed by atoms with Crippen LogP contribution in [0.25, 0.3) is 0 Å². The van der Waals surface area contributed by atoms with Crippen molar-refractivity contribution in [2.24, 2.45) is 0 Å². The smallest absolute Gasteiger partial charge is 0.306 e. The third kappa shape index (κ3) is 7.04. The summed E-state index contributed by atoms with van der Waals surface area (Å²) in [5.41, 5.74) is 2.49. The normalized spacial score (nSPS) is 10.6. The number of rotatable bonds is 10. The lowest BCUT2D eigenvalue weighted by atomic mass is 10.1. The Hall–Kier alpha value is -1.25. The van der Waals surface area contributed by atoms with Gasteiger partial charge in [-0.15, -0.1) is 0 Å². The highest BCUT2D eigenvalue weighted by Gasteiger charge is 2.04. The summed E-state index contributed by atoms with van der Waals surface area (Å²) in [6, 6.07) is 2.18. The quantitative estimate of drug-likeness (QED) is 0.513. The fraction of sp³-hybridized carbons (Fsp3) is 0.688. The lowest BCUT2D eigenvalue weighted by molar-refractivity contribution is -0.143. The average molecular weight is 265 g/mol. The fourth-order valence-corrected chi connectivity index (χ4v) is 2.18. The van der Waals surface area contributed by atoms with Gasteiger partial charge in [0.15, 0.2) is 0 Å². The monoisotopic (exact) mass is 265 g/mol. The number of nitrogens with one attached hydrogen (secondary N) is 1. The largest absolute Gasteiger partial charge is 0.466 e. The van der Waals surface area contributed by atoms with E-state index in [0.29, 0.717) is 13.0 Å². The van der Waals surface area contributed by atoms with E-state index in [1.54, 1.807) is 0 Å². The number of hydrogen-bond acceptors (Lipinski definition) is 2. The number of esters is 1. The van der Waals surface area contributed by atoms with E-state index in [4.69, 9.17) is 4.74 Å². The number of unbranched alkanes of at least 4 members (excludes halogenated alkanes) is 4. The Labute approximate surface area is 116 Å². The number of carbonyl (C=O) groups excluding carboxylic acids is 1. The topological polar surface area (TPSA) is 42.1 Å². The molecule has 1 heterocycles. The van der Waals surface area contributed by atoms with E-state index in [1.165, 1.54) is 37.7 Å². The first-order chi connectivity index (χ1) is 9.26. The third-order valence-corrected chi connectivity index (χ3v) is 3.28. The second-order valence-corrected chi connectivity index (χ2v) is 5.00. The standard InChI is InChI=1S/C16H27NO2/c1-3-5-6-7-8-9-14-12-15(17-13-14)10-11-16(18)19-4-2/h12-13,17H,3-11H2,1-2H3. The number of aromatic amines is 1. The van der Waals surface area contributed by atoms with E-state index in [1.807, 2.05) is 6.92 Å². The van der Waals surface area contributed by atoms with Gasteiger partial charge in [-0.3, -0.25) is 4.79 Å². The van der Waals surface area contributed by atoms with Gasteiger partial charge >= 0.3 is 5.97 Å². The molecule has 0 aromatic carbocycles. The molecule has 0 saturated heterocycles. The van der Waals surface area contributed by atoms with Crippen molar-refractivity contribution in [3.63, 3.8) is 0 Å². The molecule has 0 amide bonds. The van der Waals surface area contributed by atoms with Crippen LogP contribution in [-0.2, 0) is 22.4 Å². The van der Waals surface area contributed by atoms with Gasteiger partial charge in [-0.25, -0.2) is 0 Å². The summed E-state index contributed by atoms with van der Waals surface area (Å²) in [6.07, 6.45) is 11.0. The first-order valence-electron chi connectivity index (χ1n) is 7.58. The van der Waals surface area contributed by atoms with E-state index in [2.05, 4.69) is 24.2 Å². The number of H-pyrrole nitrogens is 1. The Balaban J connectivity index is 2.19. The van der Waals surface area contributed by atoms with Crippen LogP contribution >= 0.6 is 0 Å². The van der Waals surface area contributed by atoms with Crippen molar-refractivity contribution < 1.29 is 9.53 Å². The molecule has 0 aliphatic carbocycles. The minimum absolute atomic E-state index is 0.113. The molecule has 1 N–H and O–H groups in total. The van der Waals surface area contributed by atoms with Crippen molar-refractivity contribution >= 4 is 5.97 Å². The van der Waals surface area contributed by atoms with E-state index < -0.39 is 0 Å². The summed E-state index contributed by atoms with van der Waals surface area (Å²) in [4.78, 5) is 14.5. The van der Waals surface area contributed by atoms with Crippen LogP contribution in [0.4, 0.5) is 0 Å². The van der Waals surface area contributed by atoms with Crippen LogP contribution in [0.5, 0.6) is 0 Å². The molecule has 108 valence electrons. The molecule has 0 aliphatic rings. The van der Waals surface area contributed by atoms with Crippen LogP contribution in [0.2, 0.25) is 0 Å². The fourth-order valence-electron chi connectivity index (χ4n) is 2.18. The van der Waals surface area contributed by atoms with Crippen LogP contribution in [0.15, 0.2) is 12.3 Å². The molecular formula is C16H27NO2. The van der Waals surface area contributed by atoms with Gasteiger partial charge in [-0.05, 0) is 37.8 Å². The Kier molecular flexibility index (Phi) is 8.03. The van der Waals surface area contributed by atoms with Gasteiger partial charge < -0.3 is 9.72 Å². The number of aromatic nitrogens is 1. The van der Waals surface area contributed by atoms with Crippen molar-refractivity contribution in [1.29, 1.82) is 0 Å². The van der Waals surface area contributed by atoms with Crippen LogP contribution < -0.4 is 0 Å². The molecule has 1 aromatic heterocycles. The van der Waals surface area contributed by atoms with E-state index >= 15 is 0 Å². The summed E-state index contributed by atoms with van der Waals surface area (Å²) in [6.45, 7) is 4.54. The van der Waals surface area contributed by atoms with Crippen molar-refractivity contribution in [2.45, 2.75) is 65.2 Å². The highest BCUT2D eigenvalue weighted by molar-refractivity contribution is 5.69. The van der Waals surface area contributed by atoms with Crippen LogP contribution in [0.1, 0.15) is 63.6 Å². The minimum atomic E-state index is -0.113. The first-order valence-corrected chi connectivity index (χ1v) is 7.58. The Morgan fingerprint density at radius 3 is 2.68 bits per heavy atom. The van der Waals surface area contributed by atoms with Crippen molar-refractivity contribution in [3.8, 4) is 0 Å². The predicted octanol–water partition coefficient (Wildman–Crippen LogP) is 4.02. The average Bonchev–Trinajstić information content (AvgIpc) is 2.84. The van der Waals surface area contributed by atoms with Gasteiger partial charge in [0, 0.05) is 11.9 Å². The van der Waals surface area contributed by atoms with Gasteiger partial charge in [0.05, 0.1) is 13.0 Å². The van der Waals surface area contributed by atoms with E-state index in [0.717, 1.165) is 18.5 Å². The molecule has 19 heavy (non-hydrogen) atoms. The summed E-state index contributed by atoms with van der Waals surface area (Å²) in [5.74, 6) is -0.113. The zero-order valence-electron chi connectivity index (χ0n) is 12.3. The number of aryl methyl sites for hydroxylation is 2. The van der Waals surface area contributed by atoms with Crippen molar-refractivity contribution in [3.05, 3.63) is 23.5 Å². The van der Waals surface area contributed by atoms with Crippen LogP contribution in [0.3, 0.4) is 0 Å². The maximum atomic E-state index is 11.3. The van der Waals surface area contributed by atoms with Gasteiger partial charge in [0.2, 0.25) is 0 Å². The van der Waals surface area contributed by atoms with Crippen LogP contribution in [0, 0.1) is 0 Å². The number of carbonyl (C=O) groups is 1. The van der Waals surface area contributed by atoms with Crippen LogP contribution in [-0.4, -0.2) is 17.6 Å². The molecule has 3 nitrogen and oxygen atoms in total. The first kappa shape index (κ1) is 15.8. The molecule has 0 fully saturated rings. The molecule has 0 radical (unpaired) electrons. The molecule has 0 aliphatic heterocycles. The molecule has 3 heteroatoms. The molecule has 0 spiro atoms. The van der Waals surface area contributed by atoms with Crippen molar-refractivity contribution in [2.75, 3.05) is 6.61 Å². The lowest BCUT2D eigenvalue weighted by Gasteiger charge is -2.00. The molecule has 0 atom stereocenters. The zero-order valence-corrected chi connectivity index (χ0v) is 12.3. The second kappa shape index (κ2) is 9.65. The number of hydrogen-bond donors (Lipinski definition) is 1. The second-order valence-electron chi connectivity index (χ2n) is 5.00. The molecule has 0 unspecified atom stereocenters. The summed E-state index contributed by atoms with van der Waals surface area (Å²) in [7, 11) is 0. The molecule has 1 rings (SSSR count). The highest BCUT2D eigenvalue weighted by atomic mass is 16.5. The summed E-state index contributed by atoms with van der Waals surface area (Å²) in [5, 5.41) is 0. The number of ether oxygens (including phenoxy) is 1. The minimum Gasteiger partial charge on any atom is -0.466 e. The maximum Gasteiger partial charge on any atom is 0.306 e. The molecule has 0 bridgehead atoms. The summed E-state index contributed by atoms with van der Waals surface area (Å²) < 4.78 is 4.92. The van der Waals surface area contributed by atoms with Gasteiger partial charge in [-0.2, -0.15) is 0 Å². The highest BCUT2D eigenvalue weighted by Crippen LogP contribution is 2.11. The SMILES string of the molecule is CCCCCCCc1c[nH]c(CCC(=O)OCC)c1. The van der Waals surface area contributed by atoms with E-state index in [-0.39, 0.29) is 5.97 Å². The third-order valence-electron chi connectivity index (χ3n) is 3.28. The Morgan fingerprint density at radius 1 is 1.16 bits per heavy atom. The lowest BCUT2D eigenvalue weighted by Crippen LogP contribution is -2.05. The Bertz CT molecular complexity index is 357. The molecule has 1 aromatic rings. The zero-order chi connectivity index (χ0) is 13.9. The van der Waals surface area contributed by atoms with Gasteiger partial charge in [-0.1, -0.05) is 32.6 Å². The Morgan fingerprint density at radius 2 is 1.95 bits per heavy atom. The van der Waals surface area contributed by atoms with Gasteiger partial charge in [0.25, 0.3) is 0 Å².